The molecule has 0 aromatic heterocycles. The second kappa shape index (κ2) is 6.24. The number of halogens is 1. The van der Waals surface area contributed by atoms with Gasteiger partial charge in [-0.25, -0.2) is 4.39 Å². The molecule has 3 N–H and O–H groups in total. The highest BCUT2D eigenvalue weighted by Gasteiger charge is 2.48. The van der Waals surface area contributed by atoms with Crippen molar-refractivity contribution >= 4 is 5.91 Å². The van der Waals surface area contributed by atoms with E-state index in [9.17, 15) is 9.18 Å². The van der Waals surface area contributed by atoms with Crippen LogP contribution in [0.2, 0.25) is 0 Å². The van der Waals surface area contributed by atoms with Crippen molar-refractivity contribution in [2.24, 2.45) is 23.5 Å². The Labute approximate surface area is 130 Å². The number of carbonyl (C=O) groups is 1. The highest BCUT2D eigenvalue weighted by molar-refractivity contribution is 5.80. The molecule has 4 nitrogen and oxygen atoms in total. The molecule has 120 valence electrons. The van der Waals surface area contributed by atoms with E-state index in [1.54, 1.807) is 12.1 Å². The van der Waals surface area contributed by atoms with Gasteiger partial charge in [0.2, 0.25) is 5.91 Å². The van der Waals surface area contributed by atoms with Crippen molar-refractivity contribution in [1.29, 1.82) is 0 Å². The molecule has 1 amide bonds. The average molecular weight is 306 g/mol. The zero-order valence-corrected chi connectivity index (χ0v) is 12.8. The molecular formula is C17H23FN2O2. The first-order valence-corrected chi connectivity index (χ1v) is 8.00. The largest absolute Gasteiger partial charge is 0.489 e. The van der Waals surface area contributed by atoms with Crippen LogP contribution in [0.1, 0.15) is 26.2 Å². The van der Waals surface area contributed by atoms with Crippen molar-refractivity contribution in [2.75, 3.05) is 6.54 Å². The van der Waals surface area contributed by atoms with Crippen molar-refractivity contribution in [3.8, 4) is 5.75 Å². The molecule has 2 aliphatic carbocycles. The van der Waals surface area contributed by atoms with Crippen LogP contribution < -0.4 is 15.8 Å². The second-order valence-electron chi connectivity index (χ2n) is 6.57. The molecule has 0 saturated heterocycles. The zero-order valence-electron chi connectivity index (χ0n) is 12.8. The lowest BCUT2D eigenvalue weighted by Crippen LogP contribution is -2.47. The fourth-order valence-electron chi connectivity index (χ4n) is 3.90. The first-order chi connectivity index (χ1) is 10.5. The Hall–Kier alpha value is -1.62. The van der Waals surface area contributed by atoms with Crippen molar-refractivity contribution in [2.45, 2.75) is 38.3 Å². The van der Waals surface area contributed by atoms with Gasteiger partial charge in [0.25, 0.3) is 0 Å². The molecule has 0 spiro atoms. The summed E-state index contributed by atoms with van der Waals surface area (Å²) in [5.41, 5.74) is 6.18. The fraction of sp³-hybridized carbons (Fsp3) is 0.588. The Morgan fingerprint density at radius 3 is 2.91 bits per heavy atom. The summed E-state index contributed by atoms with van der Waals surface area (Å²) in [6.07, 6.45) is 3.15. The van der Waals surface area contributed by atoms with Gasteiger partial charge in [-0.15, -0.1) is 0 Å². The van der Waals surface area contributed by atoms with Gasteiger partial charge < -0.3 is 15.8 Å². The molecule has 2 fully saturated rings. The summed E-state index contributed by atoms with van der Waals surface area (Å²) in [4.78, 5) is 12.3. The van der Waals surface area contributed by atoms with E-state index in [1.165, 1.54) is 12.1 Å². The van der Waals surface area contributed by atoms with Crippen molar-refractivity contribution < 1.29 is 13.9 Å². The van der Waals surface area contributed by atoms with E-state index < -0.39 is 0 Å². The molecule has 5 unspecified atom stereocenters. The van der Waals surface area contributed by atoms with E-state index in [4.69, 9.17) is 10.5 Å². The highest BCUT2D eigenvalue weighted by Crippen LogP contribution is 2.47. The van der Waals surface area contributed by atoms with Crippen LogP contribution >= 0.6 is 0 Å². The molecule has 2 saturated carbocycles. The number of ether oxygens (including phenoxy) is 1. The third-order valence-electron chi connectivity index (χ3n) is 4.98. The average Bonchev–Trinajstić information content (AvgIpc) is 3.05. The molecule has 5 atom stereocenters. The number of rotatable bonds is 5. The fourth-order valence-corrected chi connectivity index (χ4v) is 3.90. The molecule has 0 aliphatic heterocycles. The predicted molar refractivity (Wildman–Crippen MR) is 81.8 cm³/mol. The maximum atomic E-state index is 13.1. The number of hydrogen-bond donors (Lipinski definition) is 2. The lowest BCUT2D eigenvalue weighted by atomic mass is 9.84. The van der Waals surface area contributed by atoms with Crippen LogP contribution in [0.4, 0.5) is 4.39 Å². The van der Waals surface area contributed by atoms with Gasteiger partial charge >= 0.3 is 0 Å². The van der Waals surface area contributed by atoms with Gasteiger partial charge in [0.05, 0.1) is 12.5 Å². The van der Waals surface area contributed by atoms with Crippen LogP contribution in [0.5, 0.6) is 5.75 Å². The molecular weight excluding hydrogens is 283 g/mol. The molecule has 5 heteroatoms. The summed E-state index contributed by atoms with van der Waals surface area (Å²) in [7, 11) is 0. The summed E-state index contributed by atoms with van der Waals surface area (Å²) in [6, 6.07) is 6.01. The normalized spacial score (nSPS) is 31.0. The van der Waals surface area contributed by atoms with Gasteiger partial charge in [-0.3, -0.25) is 4.79 Å². The molecule has 3 rings (SSSR count). The standard InChI is InChI=1S/C17H23FN2O2/c1-10(22-14-4-2-3-13(18)8-14)9-20-17(21)15-11-5-6-12(7-11)16(15)19/h2-4,8,10-12,15-16H,5-7,9,19H2,1H3,(H,20,21). The number of hydrogen-bond acceptors (Lipinski definition) is 3. The minimum Gasteiger partial charge on any atom is -0.489 e. The quantitative estimate of drug-likeness (QED) is 0.875. The Bertz CT molecular complexity index is 549. The number of nitrogens with one attached hydrogen (secondary N) is 1. The van der Waals surface area contributed by atoms with Crippen molar-refractivity contribution in [3.63, 3.8) is 0 Å². The number of amides is 1. The van der Waals surface area contributed by atoms with Crippen LogP contribution in [0.3, 0.4) is 0 Å². The van der Waals surface area contributed by atoms with Gasteiger partial charge in [0.1, 0.15) is 17.7 Å². The lowest BCUT2D eigenvalue weighted by Gasteiger charge is -2.27. The monoisotopic (exact) mass is 306 g/mol. The van der Waals surface area contributed by atoms with E-state index in [1.807, 2.05) is 6.92 Å². The SMILES string of the molecule is CC(CNC(=O)C1C2CCC(C2)C1N)Oc1cccc(F)c1. The minimum absolute atomic E-state index is 0.00167. The van der Waals surface area contributed by atoms with Crippen LogP contribution in [-0.2, 0) is 4.79 Å². The maximum absolute atomic E-state index is 13.1. The Kier molecular flexibility index (Phi) is 4.34. The van der Waals surface area contributed by atoms with Crippen molar-refractivity contribution in [1.82, 2.24) is 5.32 Å². The van der Waals surface area contributed by atoms with Crippen LogP contribution in [0.15, 0.2) is 24.3 Å². The molecule has 22 heavy (non-hydrogen) atoms. The van der Waals surface area contributed by atoms with E-state index in [0.717, 1.165) is 19.3 Å². The van der Waals surface area contributed by atoms with Crippen LogP contribution in [-0.4, -0.2) is 24.6 Å². The first kappa shape index (κ1) is 15.3. The van der Waals surface area contributed by atoms with E-state index >= 15 is 0 Å². The molecule has 1 aromatic rings. The molecule has 0 radical (unpaired) electrons. The lowest BCUT2D eigenvalue weighted by molar-refractivity contribution is -0.127. The molecule has 1 aromatic carbocycles. The summed E-state index contributed by atoms with van der Waals surface area (Å²) in [5, 5.41) is 2.94. The van der Waals surface area contributed by atoms with Crippen LogP contribution in [0, 0.1) is 23.6 Å². The molecule has 0 heterocycles. The van der Waals surface area contributed by atoms with Crippen LogP contribution in [0.25, 0.3) is 0 Å². The van der Waals surface area contributed by atoms with Gasteiger partial charge in [-0.05, 0) is 50.2 Å². The summed E-state index contributed by atoms with van der Waals surface area (Å²) in [6.45, 7) is 2.25. The van der Waals surface area contributed by atoms with Gasteiger partial charge in [-0.1, -0.05) is 6.07 Å². The van der Waals surface area contributed by atoms with E-state index in [-0.39, 0.29) is 29.8 Å². The highest BCUT2D eigenvalue weighted by atomic mass is 19.1. The first-order valence-electron chi connectivity index (χ1n) is 8.00. The summed E-state index contributed by atoms with van der Waals surface area (Å²) < 4.78 is 18.7. The summed E-state index contributed by atoms with van der Waals surface area (Å²) >= 11 is 0. The Morgan fingerprint density at radius 2 is 2.23 bits per heavy atom. The van der Waals surface area contributed by atoms with E-state index in [2.05, 4.69) is 5.32 Å². The number of benzene rings is 1. The maximum Gasteiger partial charge on any atom is 0.225 e. The Balaban J connectivity index is 1.49. The smallest absolute Gasteiger partial charge is 0.225 e. The third kappa shape index (κ3) is 3.09. The zero-order chi connectivity index (χ0) is 15.7. The second-order valence-corrected chi connectivity index (χ2v) is 6.57. The van der Waals surface area contributed by atoms with Gasteiger partial charge in [0, 0.05) is 12.1 Å². The topological polar surface area (TPSA) is 64.4 Å². The van der Waals surface area contributed by atoms with E-state index in [0.29, 0.717) is 24.1 Å². The third-order valence-corrected chi connectivity index (χ3v) is 4.98. The number of carbonyl (C=O) groups excluding carboxylic acids is 1. The summed E-state index contributed by atoms with van der Waals surface area (Å²) in [5.74, 6) is 1.08. The predicted octanol–water partition coefficient (Wildman–Crippen LogP) is 2.08. The van der Waals surface area contributed by atoms with Crippen molar-refractivity contribution in [3.05, 3.63) is 30.1 Å². The minimum atomic E-state index is -0.332. The van der Waals surface area contributed by atoms with Gasteiger partial charge in [-0.2, -0.15) is 0 Å². The molecule has 2 bridgehead atoms. The Morgan fingerprint density at radius 1 is 1.45 bits per heavy atom. The molecule has 2 aliphatic rings. The number of fused-ring (bicyclic) bond motifs is 2. The number of nitrogens with two attached hydrogens (primary N) is 1. The van der Waals surface area contributed by atoms with Gasteiger partial charge in [0.15, 0.2) is 0 Å².